The van der Waals surface area contributed by atoms with Crippen molar-refractivity contribution in [2.45, 2.75) is 19.8 Å². The second-order valence-corrected chi connectivity index (χ2v) is 5.38. The van der Waals surface area contributed by atoms with Gasteiger partial charge in [-0.05, 0) is 44.0 Å². The average Bonchev–Trinajstić information content (AvgIpc) is 3.11. The molecule has 0 bridgehead atoms. The van der Waals surface area contributed by atoms with Crippen LogP contribution in [-0.4, -0.2) is 35.6 Å². The summed E-state index contributed by atoms with van der Waals surface area (Å²) >= 11 is 0. The lowest BCUT2D eigenvalue weighted by Gasteiger charge is -2.16. The first kappa shape index (κ1) is 15.3. The highest BCUT2D eigenvalue weighted by atomic mass is 16.5. The van der Waals surface area contributed by atoms with E-state index in [1.807, 2.05) is 12.1 Å². The first-order valence-electron chi connectivity index (χ1n) is 7.87. The molecule has 1 aliphatic rings. The van der Waals surface area contributed by atoms with Crippen molar-refractivity contribution in [3.8, 4) is 0 Å². The molecule has 3 rings (SSSR count). The van der Waals surface area contributed by atoms with Crippen LogP contribution in [0.2, 0.25) is 0 Å². The maximum Gasteiger partial charge on any atom is 0.339 e. The molecule has 0 spiro atoms. The Morgan fingerprint density at radius 2 is 2.00 bits per heavy atom. The Balaban J connectivity index is 1.63. The molecule has 0 saturated carbocycles. The van der Waals surface area contributed by atoms with Crippen molar-refractivity contribution in [2.24, 2.45) is 0 Å². The third kappa shape index (κ3) is 3.77. The lowest BCUT2D eigenvalue weighted by Crippen LogP contribution is -2.18. The third-order valence-electron chi connectivity index (χ3n) is 3.72. The molecule has 6 nitrogen and oxygen atoms in total. The number of ether oxygens (including phenoxy) is 1. The molecule has 1 saturated heterocycles. The van der Waals surface area contributed by atoms with Crippen LogP contribution in [0.3, 0.4) is 0 Å². The zero-order chi connectivity index (χ0) is 16.1. The number of rotatable bonds is 5. The van der Waals surface area contributed by atoms with E-state index in [0.29, 0.717) is 18.0 Å². The van der Waals surface area contributed by atoms with E-state index in [0.717, 1.165) is 24.6 Å². The number of anilines is 3. The highest BCUT2D eigenvalue weighted by Crippen LogP contribution is 2.20. The Bertz CT molecular complexity index is 649. The molecule has 2 aromatic rings. The van der Waals surface area contributed by atoms with E-state index in [9.17, 15) is 4.79 Å². The average molecular weight is 312 g/mol. The first-order valence-corrected chi connectivity index (χ1v) is 7.87. The minimum absolute atomic E-state index is 0.355. The Morgan fingerprint density at radius 1 is 1.17 bits per heavy atom. The summed E-state index contributed by atoms with van der Waals surface area (Å²) in [4.78, 5) is 22.6. The molecular weight excluding hydrogens is 292 g/mol. The van der Waals surface area contributed by atoms with Crippen LogP contribution < -0.4 is 10.2 Å². The molecule has 23 heavy (non-hydrogen) atoms. The summed E-state index contributed by atoms with van der Waals surface area (Å²) in [5.74, 6) is 1.32. The van der Waals surface area contributed by atoms with Gasteiger partial charge in [-0.3, -0.25) is 0 Å². The van der Waals surface area contributed by atoms with Crippen LogP contribution in [0.1, 0.15) is 30.1 Å². The summed E-state index contributed by atoms with van der Waals surface area (Å²) in [6.45, 7) is 4.29. The van der Waals surface area contributed by atoms with E-state index in [2.05, 4.69) is 20.2 Å². The van der Waals surface area contributed by atoms with Gasteiger partial charge >= 0.3 is 5.97 Å². The SMILES string of the molecule is CCOC(=O)c1ccc(Nc2ccc(N3CCCC3)nc2)nc1. The molecular formula is C17H20N4O2. The van der Waals surface area contributed by atoms with Crippen LogP contribution in [0.5, 0.6) is 0 Å². The van der Waals surface area contributed by atoms with Gasteiger partial charge in [0.05, 0.1) is 24.1 Å². The molecule has 0 aromatic carbocycles. The van der Waals surface area contributed by atoms with Gasteiger partial charge in [0, 0.05) is 19.3 Å². The minimum atomic E-state index is -0.358. The van der Waals surface area contributed by atoms with Crippen molar-refractivity contribution in [1.82, 2.24) is 9.97 Å². The maximum absolute atomic E-state index is 11.6. The molecule has 3 heterocycles. The number of esters is 1. The van der Waals surface area contributed by atoms with E-state index in [4.69, 9.17) is 4.74 Å². The van der Waals surface area contributed by atoms with Crippen molar-refractivity contribution < 1.29 is 9.53 Å². The highest BCUT2D eigenvalue weighted by Gasteiger charge is 2.13. The molecule has 0 unspecified atom stereocenters. The normalized spacial score (nSPS) is 13.9. The second kappa shape index (κ2) is 7.09. The van der Waals surface area contributed by atoms with Gasteiger partial charge in [-0.15, -0.1) is 0 Å². The number of pyridine rings is 2. The number of nitrogens with zero attached hydrogens (tertiary/aromatic N) is 3. The summed E-state index contributed by atoms with van der Waals surface area (Å²) < 4.78 is 4.93. The maximum atomic E-state index is 11.6. The van der Waals surface area contributed by atoms with Crippen LogP contribution in [0.25, 0.3) is 0 Å². The lowest BCUT2D eigenvalue weighted by molar-refractivity contribution is 0.0526. The number of hydrogen-bond donors (Lipinski definition) is 1. The fourth-order valence-electron chi connectivity index (χ4n) is 2.54. The molecule has 6 heteroatoms. The van der Waals surface area contributed by atoms with Crippen molar-refractivity contribution in [1.29, 1.82) is 0 Å². The van der Waals surface area contributed by atoms with E-state index in [-0.39, 0.29) is 5.97 Å². The molecule has 1 fully saturated rings. The minimum Gasteiger partial charge on any atom is -0.462 e. The fraction of sp³-hybridized carbons (Fsp3) is 0.353. The van der Waals surface area contributed by atoms with Gasteiger partial charge < -0.3 is 15.0 Å². The Labute approximate surface area is 135 Å². The summed E-state index contributed by atoms with van der Waals surface area (Å²) in [6, 6.07) is 7.45. The summed E-state index contributed by atoms with van der Waals surface area (Å²) in [5, 5.41) is 3.18. The smallest absolute Gasteiger partial charge is 0.339 e. The molecule has 2 aromatic heterocycles. The number of carbonyl (C=O) groups is 1. The van der Waals surface area contributed by atoms with Gasteiger partial charge in [-0.25, -0.2) is 14.8 Å². The van der Waals surface area contributed by atoms with Crippen LogP contribution >= 0.6 is 0 Å². The van der Waals surface area contributed by atoms with Crippen LogP contribution in [0.15, 0.2) is 36.7 Å². The zero-order valence-corrected chi connectivity index (χ0v) is 13.2. The number of aromatic nitrogens is 2. The van der Waals surface area contributed by atoms with Crippen LogP contribution in [0.4, 0.5) is 17.3 Å². The number of carbonyl (C=O) groups excluding carboxylic acids is 1. The first-order chi connectivity index (χ1) is 11.3. The second-order valence-electron chi connectivity index (χ2n) is 5.38. The quantitative estimate of drug-likeness (QED) is 0.856. The van der Waals surface area contributed by atoms with E-state index in [1.165, 1.54) is 19.0 Å². The predicted octanol–water partition coefficient (Wildman–Crippen LogP) is 3.00. The zero-order valence-electron chi connectivity index (χ0n) is 13.2. The monoisotopic (exact) mass is 312 g/mol. The molecule has 0 radical (unpaired) electrons. The van der Waals surface area contributed by atoms with Crippen molar-refractivity contribution in [2.75, 3.05) is 29.9 Å². The third-order valence-corrected chi connectivity index (χ3v) is 3.72. The van der Waals surface area contributed by atoms with E-state index < -0.39 is 0 Å². The van der Waals surface area contributed by atoms with E-state index >= 15 is 0 Å². The fourth-order valence-corrected chi connectivity index (χ4v) is 2.54. The molecule has 0 amide bonds. The largest absolute Gasteiger partial charge is 0.462 e. The molecule has 120 valence electrons. The standard InChI is InChI=1S/C17H20N4O2/c1-2-23-17(22)13-5-7-15(18-11-13)20-14-6-8-16(19-12-14)21-9-3-4-10-21/h5-8,11-12H,2-4,9-10H2,1H3,(H,18,20). The summed E-state index contributed by atoms with van der Waals surface area (Å²) in [7, 11) is 0. The van der Waals surface area contributed by atoms with Gasteiger partial charge in [-0.1, -0.05) is 0 Å². The number of nitrogens with one attached hydrogen (secondary N) is 1. The molecule has 1 aliphatic heterocycles. The highest BCUT2D eigenvalue weighted by molar-refractivity contribution is 5.89. The lowest BCUT2D eigenvalue weighted by atomic mass is 10.3. The molecule has 1 N–H and O–H groups in total. The van der Waals surface area contributed by atoms with Gasteiger partial charge in [0.1, 0.15) is 11.6 Å². The topological polar surface area (TPSA) is 67.3 Å². The van der Waals surface area contributed by atoms with Crippen LogP contribution in [-0.2, 0) is 4.74 Å². The van der Waals surface area contributed by atoms with Gasteiger partial charge in [-0.2, -0.15) is 0 Å². The van der Waals surface area contributed by atoms with E-state index in [1.54, 1.807) is 25.3 Å². The Morgan fingerprint density at radius 3 is 2.61 bits per heavy atom. The molecule has 0 atom stereocenters. The predicted molar refractivity (Wildman–Crippen MR) is 89.2 cm³/mol. The van der Waals surface area contributed by atoms with Gasteiger partial charge in [0.25, 0.3) is 0 Å². The molecule has 0 aliphatic carbocycles. The van der Waals surface area contributed by atoms with Crippen LogP contribution in [0, 0.1) is 0 Å². The van der Waals surface area contributed by atoms with Crippen molar-refractivity contribution in [3.63, 3.8) is 0 Å². The summed E-state index contributed by atoms with van der Waals surface area (Å²) in [6.07, 6.45) is 5.78. The van der Waals surface area contributed by atoms with Crippen molar-refractivity contribution >= 4 is 23.3 Å². The van der Waals surface area contributed by atoms with Gasteiger partial charge in [0.15, 0.2) is 0 Å². The summed E-state index contributed by atoms with van der Waals surface area (Å²) in [5.41, 5.74) is 1.31. The van der Waals surface area contributed by atoms with Gasteiger partial charge in [0.2, 0.25) is 0 Å². The number of hydrogen-bond acceptors (Lipinski definition) is 6. The van der Waals surface area contributed by atoms with Crippen molar-refractivity contribution in [3.05, 3.63) is 42.2 Å². The Hall–Kier alpha value is -2.63. The Kier molecular flexibility index (Phi) is 4.71.